The summed E-state index contributed by atoms with van der Waals surface area (Å²) in [5.41, 5.74) is 4.21. The van der Waals surface area contributed by atoms with Crippen LogP contribution in [0.4, 0.5) is 11.4 Å². The van der Waals surface area contributed by atoms with Crippen molar-refractivity contribution in [2.45, 2.75) is 26.5 Å². The van der Waals surface area contributed by atoms with E-state index in [1.807, 2.05) is 32.0 Å². The monoisotopic (exact) mass is 446 g/mol. The van der Waals surface area contributed by atoms with E-state index in [1.165, 1.54) is 23.6 Å². The van der Waals surface area contributed by atoms with E-state index in [2.05, 4.69) is 5.32 Å². The fraction of sp³-hybridized carbons (Fsp3) is 0.160. The SMILES string of the molecule is CC(=O)Nc1ccc(C2=C(SCc3ccco3)C(=O)N(c3ccc(C)c(C)c3)C2=O)cc1. The third-order valence-electron chi connectivity index (χ3n) is 5.22. The van der Waals surface area contributed by atoms with Crippen LogP contribution in [0.5, 0.6) is 0 Å². The van der Waals surface area contributed by atoms with Crippen molar-refractivity contribution in [1.82, 2.24) is 0 Å². The minimum absolute atomic E-state index is 0.181. The van der Waals surface area contributed by atoms with Crippen LogP contribution in [0.15, 0.2) is 70.2 Å². The zero-order valence-electron chi connectivity index (χ0n) is 18.0. The molecule has 2 heterocycles. The number of carbonyl (C=O) groups excluding carboxylic acids is 3. The second kappa shape index (κ2) is 8.88. The van der Waals surface area contributed by atoms with Crippen LogP contribution >= 0.6 is 11.8 Å². The fourth-order valence-electron chi connectivity index (χ4n) is 3.46. The summed E-state index contributed by atoms with van der Waals surface area (Å²) in [6.07, 6.45) is 1.58. The van der Waals surface area contributed by atoms with Crippen LogP contribution in [0.3, 0.4) is 0 Å². The third-order valence-corrected chi connectivity index (χ3v) is 6.32. The van der Waals surface area contributed by atoms with Crippen LogP contribution in [0.25, 0.3) is 5.57 Å². The smallest absolute Gasteiger partial charge is 0.272 e. The Labute approximate surface area is 190 Å². The zero-order valence-corrected chi connectivity index (χ0v) is 18.8. The minimum Gasteiger partial charge on any atom is -0.468 e. The first kappa shape index (κ1) is 21.6. The molecule has 1 aromatic heterocycles. The van der Waals surface area contributed by atoms with Gasteiger partial charge in [0.2, 0.25) is 5.91 Å². The molecule has 2 aromatic carbocycles. The van der Waals surface area contributed by atoms with Crippen LogP contribution in [0, 0.1) is 13.8 Å². The highest BCUT2D eigenvalue weighted by molar-refractivity contribution is 8.03. The van der Waals surface area contributed by atoms with Crippen LogP contribution in [0.2, 0.25) is 0 Å². The number of rotatable bonds is 6. The molecular weight excluding hydrogens is 424 g/mol. The molecule has 7 heteroatoms. The Balaban J connectivity index is 1.73. The Morgan fingerprint density at radius 1 is 1.00 bits per heavy atom. The maximum Gasteiger partial charge on any atom is 0.272 e. The molecule has 0 fully saturated rings. The Hall–Kier alpha value is -3.58. The fourth-order valence-corrected chi connectivity index (χ4v) is 4.47. The predicted octanol–water partition coefficient (Wildman–Crippen LogP) is 5.07. The number of benzene rings is 2. The molecule has 0 saturated heterocycles. The molecule has 4 rings (SSSR count). The first-order valence-electron chi connectivity index (χ1n) is 10.1. The molecule has 0 atom stereocenters. The molecule has 0 bridgehead atoms. The van der Waals surface area contributed by atoms with Gasteiger partial charge in [0.25, 0.3) is 11.8 Å². The Morgan fingerprint density at radius 3 is 2.38 bits per heavy atom. The molecule has 32 heavy (non-hydrogen) atoms. The van der Waals surface area contributed by atoms with E-state index in [0.29, 0.717) is 38.9 Å². The number of nitrogens with one attached hydrogen (secondary N) is 1. The lowest BCUT2D eigenvalue weighted by atomic mass is 10.1. The Kier molecular flexibility index (Phi) is 6.01. The van der Waals surface area contributed by atoms with Crippen molar-refractivity contribution in [3.63, 3.8) is 0 Å². The molecule has 0 spiro atoms. The van der Waals surface area contributed by atoms with E-state index < -0.39 is 0 Å². The summed E-state index contributed by atoms with van der Waals surface area (Å²) in [5, 5.41) is 2.71. The van der Waals surface area contributed by atoms with Gasteiger partial charge in [0.15, 0.2) is 0 Å². The lowest BCUT2D eigenvalue weighted by molar-refractivity contribution is -0.120. The summed E-state index contributed by atoms with van der Waals surface area (Å²) in [7, 11) is 0. The van der Waals surface area contributed by atoms with Crippen molar-refractivity contribution in [2.24, 2.45) is 0 Å². The largest absolute Gasteiger partial charge is 0.468 e. The molecular formula is C25H22N2O4S. The molecule has 1 aliphatic heterocycles. The second-order valence-corrected chi connectivity index (χ2v) is 8.53. The van der Waals surface area contributed by atoms with E-state index >= 15 is 0 Å². The van der Waals surface area contributed by atoms with E-state index in [9.17, 15) is 14.4 Å². The molecule has 0 aliphatic carbocycles. The number of carbonyl (C=O) groups is 3. The number of furan rings is 1. The van der Waals surface area contributed by atoms with Gasteiger partial charge in [-0.2, -0.15) is 0 Å². The van der Waals surface area contributed by atoms with E-state index in [0.717, 1.165) is 11.1 Å². The first-order valence-corrected chi connectivity index (χ1v) is 11.1. The molecule has 0 radical (unpaired) electrons. The van der Waals surface area contributed by atoms with Crippen LogP contribution in [-0.2, 0) is 20.1 Å². The lowest BCUT2D eigenvalue weighted by Crippen LogP contribution is -2.31. The van der Waals surface area contributed by atoms with E-state index in [-0.39, 0.29) is 17.7 Å². The summed E-state index contributed by atoms with van der Waals surface area (Å²) < 4.78 is 5.40. The summed E-state index contributed by atoms with van der Waals surface area (Å²) in [6.45, 7) is 5.36. The number of amides is 3. The molecule has 1 aliphatic rings. The summed E-state index contributed by atoms with van der Waals surface area (Å²) in [4.78, 5) is 39.8. The molecule has 3 aromatic rings. The number of hydrogen-bond donors (Lipinski definition) is 1. The summed E-state index contributed by atoms with van der Waals surface area (Å²) in [5.74, 6) is 0.242. The van der Waals surface area contributed by atoms with E-state index in [1.54, 1.807) is 42.7 Å². The minimum atomic E-state index is -0.368. The number of nitrogens with zero attached hydrogens (tertiary/aromatic N) is 1. The van der Waals surface area contributed by atoms with Gasteiger partial charge < -0.3 is 9.73 Å². The number of hydrogen-bond acceptors (Lipinski definition) is 5. The van der Waals surface area contributed by atoms with E-state index in [4.69, 9.17) is 4.42 Å². The van der Waals surface area contributed by atoms with Gasteiger partial charge in [-0.25, -0.2) is 4.90 Å². The van der Waals surface area contributed by atoms with Crippen LogP contribution in [-0.4, -0.2) is 17.7 Å². The van der Waals surface area contributed by atoms with Gasteiger partial charge in [0.05, 0.1) is 28.2 Å². The third kappa shape index (κ3) is 4.24. The van der Waals surface area contributed by atoms with Gasteiger partial charge in [0, 0.05) is 12.6 Å². The molecule has 1 N–H and O–H groups in total. The normalized spacial score (nSPS) is 13.8. The molecule has 0 saturated carbocycles. The number of imide groups is 1. The highest BCUT2D eigenvalue weighted by Gasteiger charge is 2.40. The van der Waals surface area contributed by atoms with Crippen LogP contribution in [0.1, 0.15) is 29.4 Å². The van der Waals surface area contributed by atoms with Crippen molar-refractivity contribution in [2.75, 3.05) is 10.2 Å². The maximum atomic E-state index is 13.5. The summed E-state index contributed by atoms with van der Waals surface area (Å²) in [6, 6.07) is 16.1. The van der Waals surface area contributed by atoms with Gasteiger partial charge in [-0.1, -0.05) is 18.2 Å². The quantitative estimate of drug-likeness (QED) is 0.535. The van der Waals surface area contributed by atoms with Crippen molar-refractivity contribution in [3.05, 3.63) is 88.2 Å². The number of anilines is 2. The van der Waals surface area contributed by atoms with Crippen molar-refractivity contribution in [1.29, 1.82) is 0 Å². The Morgan fingerprint density at radius 2 is 1.75 bits per heavy atom. The van der Waals surface area contributed by atoms with Crippen LogP contribution < -0.4 is 10.2 Å². The van der Waals surface area contributed by atoms with Gasteiger partial charge in [0.1, 0.15) is 5.76 Å². The van der Waals surface area contributed by atoms with Crippen molar-refractivity contribution < 1.29 is 18.8 Å². The van der Waals surface area contributed by atoms with Crippen molar-refractivity contribution >= 4 is 46.4 Å². The second-order valence-electron chi connectivity index (χ2n) is 7.54. The summed E-state index contributed by atoms with van der Waals surface area (Å²) >= 11 is 1.28. The van der Waals surface area contributed by atoms with Crippen molar-refractivity contribution in [3.8, 4) is 0 Å². The lowest BCUT2D eigenvalue weighted by Gasteiger charge is -2.16. The average molecular weight is 447 g/mol. The van der Waals surface area contributed by atoms with Gasteiger partial charge in [-0.05, 0) is 66.9 Å². The highest BCUT2D eigenvalue weighted by atomic mass is 32.2. The molecule has 3 amide bonds. The predicted molar refractivity (Wildman–Crippen MR) is 126 cm³/mol. The molecule has 162 valence electrons. The topological polar surface area (TPSA) is 79.6 Å². The standard InChI is InChI=1S/C25H22N2O4S/c1-15-6-11-20(13-16(15)2)27-24(29)22(18-7-9-19(10-8-18)26-17(3)28)23(25(27)30)32-14-21-5-4-12-31-21/h4-13H,14H2,1-3H3,(H,26,28). The zero-order chi connectivity index (χ0) is 22.8. The number of aryl methyl sites for hydroxylation is 2. The molecule has 6 nitrogen and oxygen atoms in total. The molecule has 0 unspecified atom stereocenters. The average Bonchev–Trinajstić information content (AvgIpc) is 3.35. The highest BCUT2D eigenvalue weighted by Crippen LogP contribution is 2.40. The van der Waals surface area contributed by atoms with Gasteiger partial charge >= 0.3 is 0 Å². The maximum absolute atomic E-state index is 13.5. The number of thioether (sulfide) groups is 1. The van der Waals surface area contributed by atoms with Gasteiger partial charge in [-0.3, -0.25) is 14.4 Å². The first-order chi connectivity index (χ1) is 15.3. The van der Waals surface area contributed by atoms with Gasteiger partial charge in [-0.15, -0.1) is 11.8 Å². The Bertz CT molecular complexity index is 1230.